The summed E-state index contributed by atoms with van der Waals surface area (Å²) in [5, 5.41) is 0. The molecule has 0 N–H and O–H groups in total. The maximum atomic E-state index is 13.8. The van der Waals surface area contributed by atoms with Gasteiger partial charge in [-0.25, -0.2) is 14.8 Å². The van der Waals surface area contributed by atoms with Crippen molar-refractivity contribution in [3.63, 3.8) is 0 Å². The summed E-state index contributed by atoms with van der Waals surface area (Å²) in [7, 11) is 2.86. The summed E-state index contributed by atoms with van der Waals surface area (Å²) in [4.78, 5) is 48.1. The highest BCUT2D eigenvalue weighted by molar-refractivity contribution is 6.06. The molecule has 1 aromatic carbocycles. The van der Waals surface area contributed by atoms with Crippen LogP contribution in [0.4, 0.5) is 0 Å². The van der Waals surface area contributed by atoms with Crippen molar-refractivity contribution in [2.24, 2.45) is 10.8 Å². The summed E-state index contributed by atoms with van der Waals surface area (Å²) in [5.41, 5.74) is 3.37. The molecule has 2 aliphatic carbocycles. The van der Waals surface area contributed by atoms with Crippen molar-refractivity contribution in [3.8, 4) is 17.0 Å². The predicted octanol–water partition coefficient (Wildman–Crippen LogP) is 5.65. The van der Waals surface area contributed by atoms with Crippen molar-refractivity contribution in [2.45, 2.75) is 66.2 Å². The summed E-state index contributed by atoms with van der Waals surface area (Å²) in [5.74, 6) is 0.520. The van der Waals surface area contributed by atoms with E-state index in [9.17, 15) is 14.4 Å². The van der Waals surface area contributed by atoms with Crippen LogP contribution < -0.4 is 4.74 Å². The minimum absolute atomic E-state index is 0.0164. The minimum Gasteiger partial charge on any atom is -0.496 e. The first-order chi connectivity index (χ1) is 18.4. The second kappa shape index (κ2) is 9.43. The number of hydrogen-bond donors (Lipinski definition) is 0. The Hall–Kier alpha value is -3.81. The number of methoxy groups -OCH3 is 2. The highest BCUT2D eigenvalue weighted by Gasteiger charge is 2.49. The fraction of sp³-hybridized carbons (Fsp3) is 0.452. The van der Waals surface area contributed by atoms with Gasteiger partial charge in [0.25, 0.3) is 0 Å². The van der Waals surface area contributed by atoms with Crippen molar-refractivity contribution >= 4 is 17.5 Å². The Bertz CT molecular complexity index is 1430. The van der Waals surface area contributed by atoms with Crippen LogP contribution in [-0.4, -0.2) is 41.7 Å². The summed E-state index contributed by atoms with van der Waals surface area (Å²) >= 11 is 0. The van der Waals surface area contributed by atoms with Gasteiger partial charge in [0, 0.05) is 54.2 Å². The number of benzene rings is 1. The largest absolute Gasteiger partial charge is 0.496 e. The topological polar surface area (TPSA) is 105 Å². The summed E-state index contributed by atoms with van der Waals surface area (Å²) in [6.07, 6.45) is 3.44. The number of carbonyl (C=O) groups excluding carboxylic acids is 3. The van der Waals surface area contributed by atoms with Crippen molar-refractivity contribution in [1.29, 1.82) is 0 Å². The van der Waals surface area contributed by atoms with Gasteiger partial charge in [0.2, 0.25) is 5.82 Å². The Labute approximate surface area is 228 Å². The van der Waals surface area contributed by atoms with Crippen molar-refractivity contribution in [2.75, 3.05) is 14.2 Å². The van der Waals surface area contributed by atoms with Gasteiger partial charge in [0.1, 0.15) is 17.3 Å². The van der Waals surface area contributed by atoms with Crippen LogP contribution in [-0.2, 0) is 19.1 Å². The Balaban J connectivity index is 1.77. The van der Waals surface area contributed by atoms with E-state index in [1.54, 1.807) is 13.2 Å². The third-order valence-corrected chi connectivity index (χ3v) is 7.86. The molecule has 0 unspecified atom stereocenters. The van der Waals surface area contributed by atoms with E-state index >= 15 is 0 Å². The SMILES string of the molecule is COC(=O)c1nccc(-c2ccc(OC)c(C3C4=C(CC(C)(C)CC4=O)OC4=C3C(=O)CC(C)(C)C4)c2C)n1. The third-order valence-electron chi connectivity index (χ3n) is 7.86. The zero-order valence-electron chi connectivity index (χ0n) is 23.6. The fourth-order valence-electron chi connectivity index (χ4n) is 6.18. The highest BCUT2D eigenvalue weighted by Crippen LogP contribution is 2.55. The number of allylic oxidation sites excluding steroid dienone is 4. The average molecular weight is 531 g/mol. The second-order valence-electron chi connectivity index (χ2n) is 12.2. The van der Waals surface area contributed by atoms with Crippen LogP contribution in [0.5, 0.6) is 5.75 Å². The van der Waals surface area contributed by atoms with Gasteiger partial charge in [-0.3, -0.25) is 9.59 Å². The van der Waals surface area contributed by atoms with Crippen molar-refractivity contribution < 1.29 is 28.6 Å². The number of esters is 1. The number of ether oxygens (including phenoxy) is 3. The van der Waals surface area contributed by atoms with Gasteiger partial charge in [-0.1, -0.05) is 27.7 Å². The Morgan fingerprint density at radius 3 is 2.05 bits per heavy atom. The zero-order chi connectivity index (χ0) is 28.3. The molecule has 39 heavy (non-hydrogen) atoms. The van der Waals surface area contributed by atoms with Crippen LogP contribution >= 0.6 is 0 Å². The van der Waals surface area contributed by atoms with Gasteiger partial charge < -0.3 is 14.2 Å². The van der Waals surface area contributed by atoms with Crippen molar-refractivity contribution in [3.05, 3.63) is 64.0 Å². The molecule has 0 bridgehead atoms. The lowest BCUT2D eigenvalue weighted by molar-refractivity contribution is -0.120. The lowest BCUT2D eigenvalue weighted by Crippen LogP contribution is -2.38. The van der Waals surface area contributed by atoms with Crippen LogP contribution in [0.3, 0.4) is 0 Å². The number of nitrogens with zero attached hydrogens (tertiary/aromatic N) is 2. The van der Waals surface area contributed by atoms with Gasteiger partial charge in [0.15, 0.2) is 11.6 Å². The molecule has 8 heteroatoms. The van der Waals surface area contributed by atoms with E-state index in [-0.39, 0.29) is 28.2 Å². The van der Waals surface area contributed by atoms with E-state index in [4.69, 9.17) is 14.2 Å². The molecule has 0 saturated carbocycles. The summed E-state index contributed by atoms with van der Waals surface area (Å²) in [6.45, 7) is 10.2. The molecule has 8 nitrogen and oxygen atoms in total. The first-order valence-corrected chi connectivity index (χ1v) is 13.2. The number of rotatable bonds is 4. The molecule has 1 aliphatic heterocycles. The Morgan fingerprint density at radius 2 is 1.51 bits per heavy atom. The fourth-order valence-corrected chi connectivity index (χ4v) is 6.18. The normalized spacial score (nSPS) is 20.3. The molecule has 204 valence electrons. The van der Waals surface area contributed by atoms with E-state index in [0.717, 1.165) is 16.7 Å². The van der Waals surface area contributed by atoms with Crippen LogP contribution in [0.2, 0.25) is 0 Å². The molecular weight excluding hydrogens is 496 g/mol. The average Bonchev–Trinajstić information content (AvgIpc) is 2.85. The number of aromatic nitrogens is 2. The smallest absolute Gasteiger partial charge is 0.376 e. The highest BCUT2D eigenvalue weighted by atomic mass is 16.5. The zero-order valence-corrected chi connectivity index (χ0v) is 23.6. The maximum Gasteiger partial charge on any atom is 0.376 e. The van der Waals surface area contributed by atoms with Crippen LogP contribution in [0.15, 0.2) is 47.1 Å². The van der Waals surface area contributed by atoms with Crippen LogP contribution in [0.1, 0.15) is 81.0 Å². The molecule has 3 aliphatic rings. The molecule has 0 saturated heterocycles. The molecule has 0 radical (unpaired) electrons. The first-order valence-electron chi connectivity index (χ1n) is 13.2. The lowest BCUT2D eigenvalue weighted by atomic mass is 9.65. The molecular formula is C31H34N2O6. The van der Waals surface area contributed by atoms with Crippen LogP contribution in [0, 0.1) is 17.8 Å². The molecule has 1 aromatic heterocycles. The molecule has 0 spiro atoms. The molecule has 5 rings (SSSR count). The quantitative estimate of drug-likeness (QED) is 0.467. The maximum absolute atomic E-state index is 13.8. The van der Waals surface area contributed by atoms with Crippen LogP contribution in [0.25, 0.3) is 11.3 Å². The van der Waals surface area contributed by atoms with Crippen molar-refractivity contribution in [1.82, 2.24) is 9.97 Å². The number of ketones is 2. The number of Topliss-reactive ketones (excluding diaryl/α,β-unsaturated/α-hetero) is 2. The molecule has 2 aromatic rings. The predicted molar refractivity (Wildman–Crippen MR) is 144 cm³/mol. The van der Waals surface area contributed by atoms with E-state index in [0.29, 0.717) is 59.8 Å². The second-order valence-corrected chi connectivity index (χ2v) is 12.2. The minimum atomic E-state index is -0.636. The van der Waals surface area contributed by atoms with Gasteiger partial charge >= 0.3 is 5.97 Å². The van der Waals surface area contributed by atoms with Gasteiger partial charge in [-0.05, 0) is 41.5 Å². The van der Waals surface area contributed by atoms with E-state index in [2.05, 4.69) is 37.7 Å². The summed E-state index contributed by atoms with van der Waals surface area (Å²) < 4.78 is 17.1. The molecule has 0 fully saturated rings. The third kappa shape index (κ3) is 4.66. The number of carbonyl (C=O) groups is 3. The van der Waals surface area contributed by atoms with E-state index < -0.39 is 11.9 Å². The first kappa shape index (κ1) is 26.8. The molecule has 0 amide bonds. The lowest BCUT2D eigenvalue weighted by Gasteiger charge is -2.43. The monoisotopic (exact) mass is 530 g/mol. The standard InChI is InChI=1S/C31H34N2O6/c1-16-17(18-10-11-32-28(33-18)29(36)38-7)8-9-21(37-6)24(16)27-25-19(34)12-30(2,3)14-22(25)39-23-15-31(4,5)13-20(35)26(23)27/h8-11,27H,12-15H2,1-7H3. The number of hydrogen-bond acceptors (Lipinski definition) is 8. The molecule has 0 atom stereocenters. The van der Waals surface area contributed by atoms with Gasteiger partial charge in [-0.15, -0.1) is 0 Å². The Kier molecular flexibility index (Phi) is 6.48. The Morgan fingerprint density at radius 1 is 0.923 bits per heavy atom. The van der Waals surface area contributed by atoms with E-state index in [1.807, 2.05) is 19.1 Å². The molecule has 2 heterocycles. The van der Waals surface area contributed by atoms with Gasteiger partial charge in [0.05, 0.1) is 25.8 Å². The van der Waals surface area contributed by atoms with E-state index in [1.165, 1.54) is 13.3 Å². The van der Waals surface area contributed by atoms with Gasteiger partial charge in [-0.2, -0.15) is 0 Å². The summed E-state index contributed by atoms with van der Waals surface area (Å²) in [6, 6.07) is 5.40.